The van der Waals surface area contributed by atoms with E-state index in [1.54, 1.807) is 14.2 Å². The molecule has 2 heterocycles. The van der Waals surface area contributed by atoms with Gasteiger partial charge in [-0.1, -0.05) is 24.3 Å². The van der Waals surface area contributed by atoms with Crippen LogP contribution < -0.4 is 14.8 Å². The van der Waals surface area contributed by atoms with Gasteiger partial charge in [0, 0.05) is 18.1 Å². The van der Waals surface area contributed by atoms with Crippen LogP contribution in [-0.2, 0) is 9.59 Å². The zero-order valence-corrected chi connectivity index (χ0v) is 17.6. The zero-order chi connectivity index (χ0) is 22.0. The number of amides is 3. The molecular formula is C22H19N3O5S. The number of thioether (sulfide) groups is 1. The molecule has 1 saturated heterocycles. The van der Waals surface area contributed by atoms with Gasteiger partial charge < -0.3 is 9.47 Å². The lowest BCUT2D eigenvalue weighted by molar-refractivity contribution is -0.128. The summed E-state index contributed by atoms with van der Waals surface area (Å²) in [5, 5.41) is 7.56. The molecule has 9 heteroatoms. The van der Waals surface area contributed by atoms with Crippen LogP contribution in [0.1, 0.15) is 23.6 Å². The van der Waals surface area contributed by atoms with Crippen molar-refractivity contribution in [1.82, 2.24) is 10.3 Å². The minimum absolute atomic E-state index is 0.0495. The predicted molar refractivity (Wildman–Crippen MR) is 116 cm³/mol. The van der Waals surface area contributed by atoms with Crippen LogP contribution in [0.2, 0.25) is 0 Å². The molecule has 1 atom stereocenters. The van der Waals surface area contributed by atoms with E-state index in [1.807, 2.05) is 48.5 Å². The number of carbonyl (C=O) groups is 3. The average Bonchev–Trinajstić information content (AvgIpc) is 3.37. The molecule has 0 saturated carbocycles. The highest BCUT2D eigenvalue weighted by molar-refractivity contribution is 8.18. The van der Waals surface area contributed by atoms with Gasteiger partial charge in [-0.2, -0.15) is 5.10 Å². The Bertz CT molecular complexity index is 1110. The number of rotatable bonds is 5. The van der Waals surface area contributed by atoms with E-state index in [2.05, 4.69) is 10.4 Å². The van der Waals surface area contributed by atoms with Crippen molar-refractivity contribution < 1.29 is 23.9 Å². The van der Waals surface area contributed by atoms with Gasteiger partial charge in [0.2, 0.25) is 0 Å². The SMILES string of the molecule is COc1ccc(C2CC(c3cccc(OC)c3)=NN2C(=O)/C=C2\SC(=O)NC2=O)cc1. The van der Waals surface area contributed by atoms with E-state index < -0.39 is 17.1 Å². The maximum atomic E-state index is 13.0. The first-order valence-corrected chi connectivity index (χ1v) is 10.2. The lowest BCUT2D eigenvalue weighted by Crippen LogP contribution is -2.26. The van der Waals surface area contributed by atoms with Crippen molar-refractivity contribution >= 4 is 34.5 Å². The predicted octanol–water partition coefficient (Wildman–Crippen LogP) is 3.25. The summed E-state index contributed by atoms with van der Waals surface area (Å²) in [4.78, 5) is 36.4. The van der Waals surface area contributed by atoms with Crippen molar-refractivity contribution in [2.45, 2.75) is 12.5 Å². The molecule has 31 heavy (non-hydrogen) atoms. The molecule has 2 aromatic carbocycles. The Morgan fingerprint density at radius 1 is 1.13 bits per heavy atom. The van der Waals surface area contributed by atoms with E-state index in [9.17, 15) is 14.4 Å². The highest BCUT2D eigenvalue weighted by Gasteiger charge is 2.34. The van der Waals surface area contributed by atoms with Gasteiger partial charge in [0.05, 0.1) is 30.9 Å². The second-order valence-corrected chi connectivity index (χ2v) is 7.82. The zero-order valence-electron chi connectivity index (χ0n) is 16.8. The first-order chi connectivity index (χ1) is 15.0. The number of imide groups is 1. The summed E-state index contributed by atoms with van der Waals surface area (Å²) in [6.45, 7) is 0. The van der Waals surface area contributed by atoms with Gasteiger partial charge in [-0.15, -0.1) is 0 Å². The van der Waals surface area contributed by atoms with Crippen LogP contribution in [0.5, 0.6) is 11.5 Å². The Morgan fingerprint density at radius 3 is 2.52 bits per heavy atom. The van der Waals surface area contributed by atoms with Crippen molar-refractivity contribution in [3.8, 4) is 11.5 Å². The van der Waals surface area contributed by atoms with Crippen molar-refractivity contribution in [2.24, 2.45) is 5.10 Å². The molecule has 3 amide bonds. The Hall–Kier alpha value is -3.59. The molecule has 0 aliphatic carbocycles. The van der Waals surface area contributed by atoms with Crippen LogP contribution in [0.25, 0.3) is 0 Å². The number of nitrogens with one attached hydrogen (secondary N) is 1. The second-order valence-electron chi connectivity index (χ2n) is 6.81. The first kappa shape index (κ1) is 20.7. The second kappa shape index (κ2) is 8.65. The molecule has 1 N–H and O–H groups in total. The smallest absolute Gasteiger partial charge is 0.290 e. The molecule has 2 aromatic rings. The van der Waals surface area contributed by atoms with Crippen LogP contribution in [0.3, 0.4) is 0 Å². The van der Waals surface area contributed by atoms with Crippen molar-refractivity contribution in [2.75, 3.05) is 14.2 Å². The van der Waals surface area contributed by atoms with E-state index in [0.29, 0.717) is 35.4 Å². The molecule has 0 aromatic heterocycles. The van der Waals surface area contributed by atoms with Crippen LogP contribution >= 0.6 is 11.8 Å². The molecule has 1 fully saturated rings. The van der Waals surface area contributed by atoms with Crippen molar-refractivity contribution in [1.29, 1.82) is 0 Å². The lowest BCUT2D eigenvalue weighted by atomic mass is 9.98. The number of hydrogen-bond donors (Lipinski definition) is 1. The van der Waals surface area contributed by atoms with E-state index in [1.165, 1.54) is 5.01 Å². The maximum Gasteiger partial charge on any atom is 0.290 e. The van der Waals surface area contributed by atoms with E-state index >= 15 is 0 Å². The molecule has 2 aliphatic heterocycles. The number of ether oxygens (including phenoxy) is 2. The number of hydrogen-bond acceptors (Lipinski definition) is 7. The summed E-state index contributed by atoms with van der Waals surface area (Å²) in [5.41, 5.74) is 2.42. The number of benzene rings is 2. The minimum atomic E-state index is -0.583. The van der Waals surface area contributed by atoms with E-state index in [4.69, 9.17) is 9.47 Å². The number of hydrazone groups is 1. The largest absolute Gasteiger partial charge is 0.497 e. The van der Waals surface area contributed by atoms with Crippen LogP contribution in [0, 0.1) is 0 Å². The summed E-state index contributed by atoms with van der Waals surface area (Å²) in [7, 11) is 3.17. The Kier molecular flexibility index (Phi) is 5.77. The Labute approximate surface area is 182 Å². The molecule has 0 radical (unpaired) electrons. The van der Waals surface area contributed by atoms with Gasteiger partial charge in [-0.05, 0) is 41.6 Å². The van der Waals surface area contributed by atoms with Gasteiger partial charge >= 0.3 is 0 Å². The topological polar surface area (TPSA) is 97.3 Å². The molecule has 1 unspecified atom stereocenters. The molecule has 158 valence electrons. The molecule has 4 rings (SSSR count). The Balaban J connectivity index is 1.69. The minimum Gasteiger partial charge on any atom is -0.497 e. The van der Waals surface area contributed by atoms with Gasteiger partial charge in [0.25, 0.3) is 17.1 Å². The molecular weight excluding hydrogens is 418 g/mol. The molecule has 0 spiro atoms. The third-order valence-electron chi connectivity index (χ3n) is 4.94. The third kappa shape index (κ3) is 4.31. The molecule has 2 aliphatic rings. The lowest BCUT2D eigenvalue weighted by Gasteiger charge is -2.21. The third-order valence-corrected chi connectivity index (χ3v) is 5.75. The highest BCUT2D eigenvalue weighted by atomic mass is 32.2. The van der Waals surface area contributed by atoms with E-state index in [-0.39, 0.29) is 10.9 Å². The summed E-state index contributed by atoms with van der Waals surface area (Å²) in [6.07, 6.45) is 1.63. The van der Waals surface area contributed by atoms with Crippen LogP contribution in [0.15, 0.2) is 64.6 Å². The first-order valence-electron chi connectivity index (χ1n) is 9.42. The van der Waals surface area contributed by atoms with Crippen LogP contribution in [-0.4, -0.2) is 42.0 Å². The fourth-order valence-electron chi connectivity index (χ4n) is 3.38. The average molecular weight is 437 g/mol. The number of carbonyl (C=O) groups excluding carboxylic acids is 3. The summed E-state index contributed by atoms with van der Waals surface area (Å²) >= 11 is 0.697. The van der Waals surface area contributed by atoms with E-state index in [0.717, 1.165) is 17.2 Å². The number of methoxy groups -OCH3 is 2. The highest BCUT2D eigenvalue weighted by Crippen LogP contribution is 2.35. The van der Waals surface area contributed by atoms with Gasteiger partial charge in [-0.25, -0.2) is 5.01 Å². The summed E-state index contributed by atoms with van der Waals surface area (Å²) in [5.74, 6) is 0.324. The summed E-state index contributed by atoms with van der Waals surface area (Å²) < 4.78 is 10.5. The fraction of sp³-hybridized carbons (Fsp3) is 0.182. The molecule has 0 bridgehead atoms. The normalized spacial score (nSPS) is 19.4. The fourth-order valence-corrected chi connectivity index (χ4v) is 4.02. The standard InChI is InChI=1S/C22H19N3O5S/c1-29-15-8-6-13(7-9-15)18-11-17(14-4-3-5-16(10-14)30-2)24-25(18)20(26)12-19-21(27)23-22(28)31-19/h3-10,12,18H,11H2,1-2H3,(H,23,27,28)/b19-12-. The van der Waals surface area contributed by atoms with Gasteiger partial charge in [-0.3, -0.25) is 19.7 Å². The maximum absolute atomic E-state index is 13.0. The van der Waals surface area contributed by atoms with Gasteiger partial charge in [0.15, 0.2) is 0 Å². The monoisotopic (exact) mass is 437 g/mol. The quantitative estimate of drug-likeness (QED) is 0.722. The summed E-state index contributed by atoms with van der Waals surface area (Å²) in [6, 6.07) is 14.5. The van der Waals surface area contributed by atoms with Crippen molar-refractivity contribution in [3.63, 3.8) is 0 Å². The molecule has 8 nitrogen and oxygen atoms in total. The Morgan fingerprint density at radius 2 is 1.87 bits per heavy atom. The van der Waals surface area contributed by atoms with Gasteiger partial charge in [0.1, 0.15) is 11.5 Å². The van der Waals surface area contributed by atoms with Crippen molar-refractivity contribution in [3.05, 3.63) is 70.6 Å². The van der Waals surface area contributed by atoms with Crippen LogP contribution in [0.4, 0.5) is 4.79 Å². The number of nitrogens with zero attached hydrogens (tertiary/aromatic N) is 2.